The molecule has 3 aromatic carbocycles. The summed E-state index contributed by atoms with van der Waals surface area (Å²) in [5, 5.41) is 4.46. The average molecular weight is 324 g/mol. The second-order valence-electron chi connectivity index (χ2n) is 6.28. The number of rotatable bonds is 4. The van der Waals surface area contributed by atoms with Crippen molar-refractivity contribution < 1.29 is 0 Å². The Kier molecular flexibility index (Phi) is 4.17. The van der Waals surface area contributed by atoms with Crippen molar-refractivity contribution in [3.63, 3.8) is 0 Å². The van der Waals surface area contributed by atoms with Gasteiger partial charge in [-0.1, -0.05) is 78.9 Å². The fraction of sp³-hybridized carbons (Fsp3) is 0.0870. The molecular formula is C23H20N2. The molecule has 0 aliphatic heterocycles. The summed E-state index contributed by atoms with van der Waals surface area (Å²) in [4.78, 5) is 0. The molecule has 0 saturated heterocycles. The molecule has 25 heavy (non-hydrogen) atoms. The van der Waals surface area contributed by atoms with Crippen LogP contribution in [0, 0.1) is 6.92 Å². The highest BCUT2D eigenvalue weighted by molar-refractivity contribution is 5.84. The van der Waals surface area contributed by atoms with Gasteiger partial charge in [-0.15, -0.1) is 0 Å². The number of benzene rings is 3. The zero-order valence-corrected chi connectivity index (χ0v) is 14.2. The predicted octanol–water partition coefficient (Wildman–Crippen LogP) is 5.60. The smallest absolute Gasteiger partial charge is 0.0590 e. The number of anilines is 1. The summed E-state index contributed by atoms with van der Waals surface area (Å²) in [5.74, 6) is 0.289. The molecule has 0 bridgehead atoms. The first-order chi connectivity index (χ1) is 12.3. The van der Waals surface area contributed by atoms with Crippen LogP contribution in [0.4, 0.5) is 5.69 Å². The van der Waals surface area contributed by atoms with E-state index in [1.807, 2.05) is 24.4 Å². The van der Waals surface area contributed by atoms with Crippen molar-refractivity contribution in [3.05, 3.63) is 107 Å². The molecule has 122 valence electrons. The summed E-state index contributed by atoms with van der Waals surface area (Å²) < 4.78 is 0. The molecule has 2 nitrogen and oxygen atoms in total. The number of nitrogens with zero attached hydrogens (tertiary/aromatic N) is 1. The first-order valence-electron chi connectivity index (χ1n) is 8.54. The largest absolute Gasteiger partial charge is 0.278 e. The molecule has 3 aromatic rings. The molecule has 0 heterocycles. The highest BCUT2D eigenvalue weighted by atomic mass is 15.3. The Morgan fingerprint density at radius 1 is 0.840 bits per heavy atom. The number of hydrogen-bond donors (Lipinski definition) is 1. The second-order valence-corrected chi connectivity index (χ2v) is 6.28. The normalized spacial score (nSPS) is 15.5. The van der Waals surface area contributed by atoms with Crippen LogP contribution in [0.1, 0.15) is 33.7 Å². The van der Waals surface area contributed by atoms with Crippen LogP contribution >= 0.6 is 0 Å². The van der Waals surface area contributed by atoms with Crippen molar-refractivity contribution in [2.24, 2.45) is 5.10 Å². The van der Waals surface area contributed by atoms with Gasteiger partial charge in [0.05, 0.1) is 11.9 Å². The highest BCUT2D eigenvalue weighted by Crippen LogP contribution is 2.36. The minimum Gasteiger partial charge on any atom is -0.278 e. The van der Waals surface area contributed by atoms with Crippen LogP contribution in [0.3, 0.4) is 0 Å². The van der Waals surface area contributed by atoms with Crippen molar-refractivity contribution >= 4 is 18.0 Å². The van der Waals surface area contributed by atoms with Crippen LogP contribution in [0.25, 0.3) is 6.08 Å². The van der Waals surface area contributed by atoms with Crippen LogP contribution in [0.2, 0.25) is 0 Å². The Balaban J connectivity index is 1.61. The van der Waals surface area contributed by atoms with E-state index in [0.29, 0.717) is 0 Å². The Labute approximate surface area is 148 Å². The first kappa shape index (κ1) is 15.4. The van der Waals surface area contributed by atoms with Crippen LogP contribution in [-0.2, 0) is 0 Å². The summed E-state index contributed by atoms with van der Waals surface area (Å²) in [6.07, 6.45) is 6.39. The number of fused-ring (bicyclic) bond motifs is 1. The van der Waals surface area contributed by atoms with Crippen molar-refractivity contribution in [1.82, 2.24) is 0 Å². The van der Waals surface area contributed by atoms with E-state index < -0.39 is 0 Å². The van der Waals surface area contributed by atoms with Gasteiger partial charge in [-0.25, -0.2) is 0 Å². The van der Waals surface area contributed by atoms with Crippen molar-refractivity contribution in [3.8, 4) is 0 Å². The van der Waals surface area contributed by atoms with Crippen LogP contribution in [0.15, 0.2) is 84.0 Å². The summed E-state index contributed by atoms with van der Waals surface area (Å²) in [5.41, 5.74) is 10.4. The number of para-hydroxylation sites is 1. The third-order valence-electron chi connectivity index (χ3n) is 4.66. The van der Waals surface area contributed by atoms with E-state index in [1.165, 1.54) is 22.3 Å². The van der Waals surface area contributed by atoms with Gasteiger partial charge in [0.25, 0.3) is 0 Å². The highest BCUT2D eigenvalue weighted by Gasteiger charge is 2.20. The van der Waals surface area contributed by atoms with E-state index in [1.54, 1.807) is 0 Å². The summed E-state index contributed by atoms with van der Waals surface area (Å²) >= 11 is 0. The Morgan fingerprint density at radius 2 is 1.56 bits per heavy atom. The summed E-state index contributed by atoms with van der Waals surface area (Å²) in [6.45, 7) is 2.08. The van der Waals surface area contributed by atoms with Crippen LogP contribution in [0.5, 0.6) is 0 Å². The lowest BCUT2D eigenvalue weighted by Crippen LogP contribution is -2.01. The number of nitrogens with one attached hydrogen (secondary N) is 1. The zero-order valence-electron chi connectivity index (χ0n) is 14.2. The van der Waals surface area contributed by atoms with Crippen molar-refractivity contribution in [2.75, 3.05) is 5.43 Å². The lowest BCUT2D eigenvalue weighted by Gasteiger charge is -2.14. The molecule has 0 fully saturated rings. The van der Waals surface area contributed by atoms with Gasteiger partial charge in [0.1, 0.15) is 0 Å². The van der Waals surface area contributed by atoms with Gasteiger partial charge >= 0.3 is 0 Å². The zero-order chi connectivity index (χ0) is 17.1. The summed E-state index contributed by atoms with van der Waals surface area (Å²) in [7, 11) is 0. The Morgan fingerprint density at radius 3 is 2.44 bits per heavy atom. The maximum absolute atomic E-state index is 4.46. The van der Waals surface area contributed by atoms with Crippen molar-refractivity contribution in [1.29, 1.82) is 0 Å². The van der Waals surface area contributed by atoms with E-state index in [0.717, 1.165) is 11.3 Å². The minimum atomic E-state index is 0.289. The van der Waals surface area contributed by atoms with Gasteiger partial charge in [-0.3, -0.25) is 5.43 Å². The molecule has 0 aromatic heterocycles. The van der Waals surface area contributed by atoms with E-state index in [4.69, 9.17) is 0 Å². The first-order valence-corrected chi connectivity index (χ1v) is 8.54. The number of allylic oxidation sites excluding steroid dienone is 1. The molecule has 1 aliphatic rings. The average Bonchev–Trinajstić information content (AvgIpc) is 3.08. The third kappa shape index (κ3) is 3.11. The van der Waals surface area contributed by atoms with E-state index in [9.17, 15) is 0 Å². The lowest BCUT2D eigenvalue weighted by molar-refractivity contribution is 1.05. The molecule has 0 spiro atoms. The monoisotopic (exact) mass is 324 g/mol. The Hall–Kier alpha value is -3.13. The second kappa shape index (κ2) is 6.78. The molecule has 1 aliphatic carbocycles. The SMILES string of the molecule is Cc1ccccc1NN=Cc1ccccc1C1C=Cc2ccccc21. The molecule has 0 radical (unpaired) electrons. The standard InChI is InChI=1S/C23H20N2/c1-17-8-2-7-13-23(17)25-24-16-19-10-4-6-12-21(19)22-15-14-18-9-3-5-11-20(18)22/h2-16,22,25H,1H3. The molecule has 1 unspecified atom stereocenters. The lowest BCUT2D eigenvalue weighted by atomic mass is 9.90. The molecule has 0 saturated carbocycles. The molecular weight excluding hydrogens is 304 g/mol. The van der Waals surface area contributed by atoms with E-state index in [-0.39, 0.29) is 5.92 Å². The van der Waals surface area contributed by atoms with Crippen molar-refractivity contribution in [2.45, 2.75) is 12.8 Å². The maximum Gasteiger partial charge on any atom is 0.0590 e. The van der Waals surface area contributed by atoms with E-state index >= 15 is 0 Å². The fourth-order valence-corrected chi connectivity index (χ4v) is 3.30. The fourth-order valence-electron chi connectivity index (χ4n) is 3.30. The van der Waals surface area contributed by atoms with E-state index in [2.05, 4.69) is 84.2 Å². The van der Waals surface area contributed by atoms with Gasteiger partial charge < -0.3 is 0 Å². The maximum atomic E-state index is 4.46. The van der Waals surface area contributed by atoms with Gasteiger partial charge in [-0.2, -0.15) is 5.10 Å². The third-order valence-corrected chi connectivity index (χ3v) is 4.66. The quantitative estimate of drug-likeness (QED) is 0.490. The number of hydrogen-bond acceptors (Lipinski definition) is 2. The predicted molar refractivity (Wildman–Crippen MR) is 106 cm³/mol. The van der Waals surface area contributed by atoms with Gasteiger partial charge in [0, 0.05) is 5.92 Å². The Bertz CT molecular complexity index is 954. The van der Waals surface area contributed by atoms with Gasteiger partial charge in [0.2, 0.25) is 0 Å². The number of aryl methyl sites for hydroxylation is 1. The minimum absolute atomic E-state index is 0.289. The van der Waals surface area contributed by atoms with Crippen LogP contribution < -0.4 is 5.43 Å². The van der Waals surface area contributed by atoms with Crippen LogP contribution in [-0.4, -0.2) is 6.21 Å². The topological polar surface area (TPSA) is 24.4 Å². The molecule has 1 N–H and O–H groups in total. The number of hydrazone groups is 1. The molecule has 0 amide bonds. The molecule has 2 heteroatoms. The van der Waals surface area contributed by atoms with Gasteiger partial charge in [-0.05, 0) is 40.8 Å². The molecule has 1 atom stereocenters. The van der Waals surface area contributed by atoms with Gasteiger partial charge in [0.15, 0.2) is 0 Å². The molecule has 4 rings (SSSR count). The summed E-state index contributed by atoms with van der Waals surface area (Å²) in [6, 6.07) is 25.2.